The number of carbonyl (C=O) groups is 1. The van der Waals surface area contributed by atoms with Crippen molar-refractivity contribution in [3.05, 3.63) is 70.4 Å². The minimum absolute atomic E-state index is 0.0578. The molecule has 3 aromatic rings. The summed E-state index contributed by atoms with van der Waals surface area (Å²) < 4.78 is 8.26. The highest BCUT2D eigenvalue weighted by molar-refractivity contribution is 8.27. The van der Waals surface area contributed by atoms with Gasteiger partial charge in [-0.2, -0.15) is 15.1 Å². The van der Waals surface area contributed by atoms with Gasteiger partial charge in [0.1, 0.15) is 17.4 Å². The maximum atomic E-state index is 12.9. The van der Waals surface area contributed by atoms with E-state index in [1.165, 1.54) is 27.9 Å². The third kappa shape index (κ3) is 4.26. The highest BCUT2D eigenvalue weighted by atomic mass is 32.2. The van der Waals surface area contributed by atoms with Crippen LogP contribution in [-0.4, -0.2) is 38.1 Å². The van der Waals surface area contributed by atoms with Crippen LogP contribution in [-0.2, 0) is 11.3 Å². The molecule has 0 saturated heterocycles. The van der Waals surface area contributed by atoms with Gasteiger partial charge in [-0.25, -0.2) is 0 Å². The average molecular weight is 500 g/mol. The zero-order chi connectivity index (χ0) is 25.6. The summed E-state index contributed by atoms with van der Waals surface area (Å²) in [7, 11) is 0. The van der Waals surface area contributed by atoms with Crippen molar-refractivity contribution in [1.29, 1.82) is 5.41 Å². The molecule has 8 heteroatoms. The van der Waals surface area contributed by atoms with Gasteiger partial charge in [0.25, 0.3) is 5.91 Å². The molecule has 1 N–H and O–H groups in total. The molecule has 2 aliphatic rings. The van der Waals surface area contributed by atoms with E-state index in [1.807, 2.05) is 45.0 Å². The lowest BCUT2D eigenvalue weighted by atomic mass is 10.1. The second kappa shape index (κ2) is 9.43. The highest BCUT2D eigenvalue weighted by Crippen LogP contribution is 2.33. The molecule has 0 atom stereocenters. The van der Waals surface area contributed by atoms with Crippen LogP contribution in [0.4, 0.5) is 0 Å². The van der Waals surface area contributed by atoms with Crippen LogP contribution in [0.1, 0.15) is 36.2 Å². The third-order valence-corrected chi connectivity index (χ3v) is 7.80. The van der Waals surface area contributed by atoms with Gasteiger partial charge in [0.2, 0.25) is 5.17 Å². The number of hydrogen-bond acceptors (Lipinski definition) is 5. The molecule has 5 rings (SSSR count). The van der Waals surface area contributed by atoms with E-state index in [0.717, 1.165) is 33.0 Å². The molecule has 2 aromatic carbocycles. The number of aromatic nitrogens is 1. The average Bonchev–Trinajstić information content (AvgIpc) is 3.39. The van der Waals surface area contributed by atoms with Gasteiger partial charge in [-0.1, -0.05) is 38.1 Å². The molecular weight excluding hydrogens is 470 g/mol. The van der Waals surface area contributed by atoms with Crippen molar-refractivity contribution in [2.75, 3.05) is 6.61 Å². The Hall–Kier alpha value is -3.65. The number of nitrogens with zero attached hydrogens (tertiary/aromatic N) is 4. The third-order valence-electron chi connectivity index (χ3n) is 6.59. The van der Waals surface area contributed by atoms with Crippen LogP contribution in [0.25, 0.3) is 17.0 Å². The number of para-hydroxylation sites is 1. The number of amides is 1. The molecule has 7 nitrogen and oxygen atoms in total. The van der Waals surface area contributed by atoms with Gasteiger partial charge >= 0.3 is 0 Å². The van der Waals surface area contributed by atoms with Gasteiger partial charge in [0.05, 0.1) is 12.1 Å². The van der Waals surface area contributed by atoms with E-state index in [0.29, 0.717) is 18.3 Å². The molecule has 0 aliphatic carbocycles. The highest BCUT2D eigenvalue weighted by Gasteiger charge is 2.36. The number of aliphatic imine (C=N–C) groups is 1. The van der Waals surface area contributed by atoms with E-state index in [4.69, 9.17) is 10.1 Å². The fraction of sp³-hybridized carbons (Fsp3) is 0.286. The van der Waals surface area contributed by atoms with Crippen molar-refractivity contribution in [2.45, 2.75) is 41.2 Å². The monoisotopic (exact) mass is 499 g/mol. The Morgan fingerprint density at radius 3 is 2.64 bits per heavy atom. The number of nitrogens with one attached hydrogen (secondary N) is 1. The van der Waals surface area contributed by atoms with Gasteiger partial charge in [-0.15, -0.1) is 0 Å². The molecule has 2 aliphatic heterocycles. The van der Waals surface area contributed by atoms with Crippen LogP contribution < -0.4 is 4.74 Å². The van der Waals surface area contributed by atoms with E-state index < -0.39 is 5.91 Å². The minimum Gasteiger partial charge on any atom is -0.492 e. The summed E-state index contributed by atoms with van der Waals surface area (Å²) in [5, 5.41) is 17.0. The lowest BCUT2D eigenvalue weighted by Crippen LogP contribution is -2.35. The molecule has 0 saturated carbocycles. The Kier molecular flexibility index (Phi) is 6.30. The van der Waals surface area contributed by atoms with Crippen molar-refractivity contribution in [2.24, 2.45) is 16.0 Å². The summed E-state index contributed by atoms with van der Waals surface area (Å²) in [6.45, 7) is 11.4. The number of carbonyl (C=O) groups excluding carboxylic acids is 1. The van der Waals surface area contributed by atoms with Gasteiger partial charge in [-0.05, 0) is 67.9 Å². The van der Waals surface area contributed by atoms with Gasteiger partial charge in [-0.3, -0.25) is 10.2 Å². The first-order valence-electron chi connectivity index (χ1n) is 12.0. The standard InChI is InChI=1S/C28H29N5O2S/c1-16(2)27-31-33-25(29)23(26(34)30-28(33)36-27)15-22-19(5)32(24-9-7-6-8-21(22)24)12-13-35-20-11-10-17(3)18(4)14-20/h6-11,14-16,29H,12-13H2,1-5H3/b23-15+,29-25?. The van der Waals surface area contributed by atoms with E-state index in [9.17, 15) is 4.79 Å². The zero-order valence-electron chi connectivity index (χ0n) is 21.1. The van der Waals surface area contributed by atoms with E-state index in [1.54, 1.807) is 6.08 Å². The Balaban J connectivity index is 1.46. The maximum absolute atomic E-state index is 12.9. The molecular formula is C28H29N5O2S. The van der Waals surface area contributed by atoms with E-state index in [2.05, 4.69) is 46.7 Å². The summed E-state index contributed by atoms with van der Waals surface area (Å²) >= 11 is 1.36. The quantitative estimate of drug-likeness (QED) is 0.427. The van der Waals surface area contributed by atoms with Crippen LogP contribution in [0.3, 0.4) is 0 Å². The van der Waals surface area contributed by atoms with Crippen LogP contribution >= 0.6 is 11.8 Å². The second-order valence-electron chi connectivity index (χ2n) is 9.38. The summed E-state index contributed by atoms with van der Waals surface area (Å²) in [5.74, 6) is 0.704. The fourth-order valence-electron chi connectivity index (χ4n) is 4.37. The maximum Gasteiger partial charge on any atom is 0.283 e. The fourth-order valence-corrected chi connectivity index (χ4v) is 5.26. The Bertz CT molecular complexity index is 1500. The first-order chi connectivity index (χ1) is 17.2. The van der Waals surface area contributed by atoms with Crippen molar-refractivity contribution in [3.8, 4) is 5.75 Å². The Labute approximate surface area is 215 Å². The lowest BCUT2D eigenvalue weighted by Gasteiger charge is -2.20. The molecule has 1 aromatic heterocycles. The normalized spacial score (nSPS) is 16.7. The summed E-state index contributed by atoms with van der Waals surface area (Å²) in [6, 6.07) is 14.2. The number of fused-ring (bicyclic) bond motifs is 2. The summed E-state index contributed by atoms with van der Waals surface area (Å²) in [6.07, 6.45) is 1.79. The SMILES string of the molecule is Cc1ccc(OCCn2c(C)c(/C=C3\C(=N)N4N=C(C(C)C)SC4=NC3=O)c3ccccc32)cc1C. The number of hydrazone groups is 1. The number of amidine groups is 2. The number of aryl methyl sites for hydroxylation is 2. The molecule has 0 unspecified atom stereocenters. The number of benzene rings is 2. The van der Waals surface area contributed by atoms with Crippen molar-refractivity contribution < 1.29 is 9.53 Å². The smallest absolute Gasteiger partial charge is 0.283 e. The number of hydrogen-bond donors (Lipinski definition) is 1. The minimum atomic E-state index is -0.409. The van der Waals surface area contributed by atoms with Gasteiger partial charge in [0.15, 0.2) is 5.84 Å². The number of rotatable bonds is 6. The Morgan fingerprint density at radius 1 is 1.11 bits per heavy atom. The first kappa shape index (κ1) is 24.1. The summed E-state index contributed by atoms with van der Waals surface area (Å²) in [5.41, 5.74) is 5.65. The van der Waals surface area contributed by atoms with Crippen molar-refractivity contribution in [1.82, 2.24) is 9.58 Å². The first-order valence-corrected chi connectivity index (χ1v) is 12.8. The molecule has 0 spiro atoms. The van der Waals surface area contributed by atoms with Crippen molar-refractivity contribution >= 4 is 50.7 Å². The predicted molar refractivity (Wildman–Crippen MR) is 148 cm³/mol. The molecule has 1 amide bonds. The number of ether oxygens (including phenoxy) is 1. The van der Waals surface area contributed by atoms with Crippen LogP contribution in [0.15, 0.2) is 58.1 Å². The van der Waals surface area contributed by atoms with E-state index >= 15 is 0 Å². The molecule has 0 fully saturated rings. The van der Waals surface area contributed by atoms with Gasteiger partial charge < -0.3 is 9.30 Å². The molecule has 0 radical (unpaired) electrons. The Morgan fingerprint density at radius 2 is 1.89 bits per heavy atom. The number of thioether (sulfide) groups is 1. The van der Waals surface area contributed by atoms with Crippen LogP contribution in [0.5, 0.6) is 5.75 Å². The van der Waals surface area contributed by atoms with Gasteiger partial charge in [0, 0.05) is 28.1 Å². The zero-order valence-corrected chi connectivity index (χ0v) is 21.9. The topological polar surface area (TPSA) is 83.0 Å². The van der Waals surface area contributed by atoms with Crippen LogP contribution in [0.2, 0.25) is 0 Å². The van der Waals surface area contributed by atoms with E-state index in [-0.39, 0.29) is 17.3 Å². The van der Waals surface area contributed by atoms with Crippen molar-refractivity contribution in [3.63, 3.8) is 0 Å². The predicted octanol–water partition coefficient (Wildman–Crippen LogP) is 5.92. The largest absolute Gasteiger partial charge is 0.492 e. The lowest BCUT2D eigenvalue weighted by molar-refractivity contribution is -0.114. The molecule has 36 heavy (non-hydrogen) atoms. The van der Waals surface area contributed by atoms with Crippen LogP contribution in [0, 0.1) is 32.1 Å². The summed E-state index contributed by atoms with van der Waals surface area (Å²) in [4.78, 5) is 17.2. The molecule has 184 valence electrons. The molecule has 3 heterocycles. The molecule has 0 bridgehead atoms. The second-order valence-corrected chi connectivity index (χ2v) is 10.4.